The van der Waals surface area contributed by atoms with Crippen LogP contribution in [0.5, 0.6) is 0 Å². The molecule has 19 heavy (non-hydrogen) atoms. The zero-order valence-electron chi connectivity index (χ0n) is 11.4. The maximum Gasteiger partial charge on any atom is 0.195 e. The first-order valence-corrected chi connectivity index (χ1v) is 8.05. The standard InChI is InChI=1S/C14H21N3OS/c1-2-11-6-4-3-5-7-16(11)13-12(10-18)17-8-9-19-14(17)15-13/h8-9,11,18H,2-7,10H2,1H3. The first-order chi connectivity index (χ1) is 9.35. The SMILES string of the molecule is CCC1CCCCCN1c1nc2sccn2c1CO. The summed E-state index contributed by atoms with van der Waals surface area (Å²) in [7, 11) is 0. The molecule has 4 nitrogen and oxygen atoms in total. The van der Waals surface area contributed by atoms with Crippen LogP contribution in [-0.4, -0.2) is 27.1 Å². The Morgan fingerprint density at radius 2 is 2.32 bits per heavy atom. The van der Waals surface area contributed by atoms with Crippen LogP contribution in [0, 0.1) is 0 Å². The Kier molecular flexibility index (Phi) is 3.75. The number of nitrogens with zero attached hydrogens (tertiary/aromatic N) is 3. The van der Waals surface area contributed by atoms with Crippen molar-refractivity contribution in [3.8, 4) is 0 Å². The van der Waals surface area contributed by atoms with Gasteiger partial charge in [0.1, 0.15) is 0 Å². The van der Waals surface area contributed by atoms with Crippen molar-refractivity contribution >= 4 is 22.1 Å². The summed E-state index contributed by atoms with van der Waals surface area (Å²) in [5.41, 5.74) is 0.941. The molecule has 1 aliphatic heterocycles. The van der Waals surface area contributed by atoms with E-state index in [-0.39, 0.29) is 6.61 Å². The van der Waals surface area contributed by atoms with Crippen LogP contribution in [0.4, 0.5) is 5.82 Å². The third kappa shape index (κ3) is 2.25. The largest absolute Gasteiger partial charge is 0.390 e. The van der Waals surface area contributed by atoms with E-state index in [0.29, 0.717) is 6.04 Å². The minimum atomic E-state index is 0.0557. The summed E-state index contributed by atoms with van der Waals surface area (Å²) in [5, 5.41) is 11.7. The van der Waals surface area contributed by atoms with E-state index in [1.165, 1.54) is 25.7 Å². The summed E-state index contributed by atoms with van der Waals surface area (Å²) in [5.74, 6) is 1.00. The minimum Gasteiger partial charge on any atom is -0.390 e. The number of aliphatic hydroxyl groups excluding tert-OH is 1. The summed E-state index contributed by atoms with van der Waals surface area (Å²) in [4.78, 5) is 8.17. The van der Waals surface area contributed by atoms with Gasteiger partial charge < -0.3 is 10.0 Å². The topological polar surface area (TPSA) is 40.8 Å². The average Bonchev–Trinajstić information content (AvgIpc) is 2.91. The van der Waals surface area contributed by atoms with Gasteiger partial charge in [-0.2, -0.15) is 0 Å². The smallest absolute Gasteiger partial charge is 0.195 e. The molecule has 0 aliphatic carbocycles. The van der Waals surface area contributed by atoms with Crippen LogP contribution in [-0.2, 0) is 6.61 Å². The molecule has 1 fully saturated rings. The van der Waals surface area contributed by atoms with Crippen LogP contribution >= 0.6 is 11.3 Å². The predicted octanol–water partition coefficient (Wildman–Crippen LogP) is 3.05. The number of aliphatic hydroxyl groups is 1. The second-order valence-corrected chi connectivity index (χ2v) is 6.07. The third-order valence-electron chi connectivity index (χ3n) is 4.11. The van der Waals surface area contributed by atoms with Gasteiger partial charge in [0, 0.05) is 24.2 Å². The van der Waals surface area contributed by atoms with Crippen LogP contribution in [0.3, 0.4) is 0 Å². The second-order valence-electron chi connectivity index (χ2n) is 5.20. The molecule has 2 aromatic heterocycles. The van der Waals surface area contributed by atoms with E-state index in [9.17, 15) is 5.11 Å². The summed E-state index contributed by atoms with van der Waals surface area (Å²) < 4.78 is 2.03. The lowest BCUT2D eigenvalue weighted by atomic mass is 10.1. The van der Waals surface area contributed by atoms with Crippen LogP contribution in [0.1, 0.15) is 44.7 Å². The Bertz CT molecular complexity index is 548. The van der Waals surface area contributed by atoms with Gasteiger partial charge in [-0.15, -0.1) is 11.3 Å². The highest BCUT2D eigenvalue weighted by molar-refractivity contribution is 7.15. The van der Waals surface area contributed by atoms with Crippen LogP contribution in [0.15, 0.2) is 11.6 Å². The van der Waals surface area contributed by atoms with Gasteiger partial charge >= 0.3 is 0 Å². The zero-order valence-corrected chi connectivity index (χ0v) is 12.2. The predicted molar refractivity (Wildman–Crippen MR) is 78.9 cm³/mol. The molecule has 1 atom stereocenters. The lowest BCUT2D eigenvalue weighted by molar-refractivity contribution is 0.276. The fourth-order valence-electron chi connectivity index (χ4n) is 3.08. The van der Waals surface area contributed by atoms with Gasteiger partial charge in [0.15, 0.2) is 10.8 Å². The molecule has 1 saturated heterocycles. The second kappa shape index (κ2) is 5.51. The maximum absolute atomic E-state index is 9.70. The minimum absolute atomic E-state index is 0.0557. The van der Waals surface area contributed by atoms with Crippen molar-refractivity contribution in [1.82, 2.24) is 9.38 Å². The Morgan fingerprint density at radius 1 is 1.42 bits per heavy atom. The first kappa shape index (κ1) is 12.9. The number of rotatable bonds is 3. The highest BCUT2D eigenvalue weighted by atomic mass is 32.1. The van der Waals surface area contributed by atoms with Crippen molar-refractivity contribution < 1.29 is 5.11 Å². The molecule has 104 valence electrons. The van der Waals surface area contributed by atoms with Crippen molar-refractivity contribution in [2.24, 2.45) is 0 Å². The van der Waals surface area contributed by atoms with Gasteiger partial charge in [-0.1, -0.05) is 19.8 Å². The van der Waals surface area contributed by atoms with Gasteiger partial charge in [0.2, 0.25) is 0 Å². The Hall–Kier alpha value is -1.07. The maximum atomic E-state index is 9.70. The molecular weight excluding hydrogens is 258 g/mol. The lowest BCUT2D eigenvalue weighted by Gasteiger charge is -2.30. The molecule has 0 amide bonds. The summed E-state index contributed by atoms with van der Waals surface area (Å²) in [6.07, 6.45) is 8.24. The summed E-state index contributed by atoms with van der Waals surface area (Å²) in [6.45, 7) is 3.37. The molecule has 3 rings (SSSR count). The molecule has 0 bridgehead atoms. The summed E-state index contributed by atoms with van der Waals surface area (Å²) in [6, 6.07) is 0.567. The first-order valence-electron chi connectivity index (χ1n) is 7.17. The van der Waals surface area contributed by atoms with Gasteiger partial charge in [0.05, 0.1) is 12.3 Å². The van der Waals surface area contributed by atoms with E-state index in [2.05, 4.69) is 11.8 Å². The fraction of sp³-hybridized carbons (Fsp3) is 0.643. The number of anilines is 1. The molecule has 2 aromatic rings. The summed E-state index contributed by atoms with van der Waals surface area (Å²) >= 11 is 1.63. The van der Waals surface area contributed by atoms with Gasteiger partial charge in [0.25, 0.3) is 0 Å². The van der Waals surface area contributed by atoms with Crippen LogP contribution in [0.2, 0.25) is 0 Å². The number of imidazole rings is 1. The lowest BCUT2D eigenvalue weighted by Crippen LogP contribution is -2.35. The molecule has 1 unspecified atom stereocenters. The van der Waals surface area contributed by atoms with Gasteiger partial charge in [-0.25, -0.2) is 4.98 Å². The van der Waals surface area contributed by atoms with E-state index in [1.807, 2.05) is 16.0 Å². The quantitative estimate of drug-likeness (QED) is 0.939. The molecule has 3 heterocycles. The van der Waals surface area contributed by atoms with Crippen molar-refractivity contribution in [1.29, 1.82) is 0 Å². The number of aromatic nitrogens is 2. The van der Waals surface area contributed by atoms with Crippen LogP contribution in [0.25, 0.3) is 4.96 Å². The zero-order chi connectivity index (χ0) is 13.2. The fourth-order valence-corrected chi connectivity index (χ4v) is 3.81. The number of hydrogen-bond acceptors (Lipinski definition) is 4. The molecule has 5 heteroatoms. The third-order valence-corrected chi connectivity index (χ3v) is 4.87. The Labute approximate surface area is 117 Å². The highest BCUT2D eigenvalue weighted by Crippen LogP contribution is 2.30. The average molecular weight is 279 g/mol. The molecule has 0 radical (unpaired) electrons. The molecule has 0 saturated carbocycles. The van der Waals surface area contributed by atoms with Crippen molar-refractivity contribution in [3.63, 3.8) is 0 Å². The van der Waals surface area contributed by atoms with Crippen molar-refractivity contribution in [3.05, 3.63) is 17.3 Å². The molecule has 0 aromatic carbocycles. The molecule has 1 aliphatic rings. The van der Waals surface area contributed by atoms with Gasteiger partial charge in [-0.3, -0.25) is 4.40 Å². The molecular formula is C14H21N3OS. The number of hydrogen-bond donors (Lipinski definition) is 1. The van der Waals surface area contributed by atoms with Gasteiger partial charge in [-0.05, 0) is 19.3 Å². The van der Waals surface area contributed by atoms with Crippen LogP contribution < -0.4 is 4.90 Å². The monoisotopic (exact) mass is 279 g/mol. The van der Waals surface area contributed by atoms with E-state index in [4.69, 9.17) is 4.98 Å². The van der Waals surface area contributed by atoms with Crippen molar-refractivity contribution in [2.45, 2.75) is 51.7 Å². The number of fused-ring (bicyclic) bond motifs is 1. The highest BCUT2D eigenvalue weighted by Gasteiger charge is 2.25. The molecule has 1 N–H and O–H groups in total. The van der Waals surface area contributed by atoms with E-state index < -0.39 is 0 Å². The Morgan fingerprint density at radius 3 is 3.11 bits per heavy atom. The van der Waals surface area contributed by atoms with Crippen molar-refractivity contribution in [2.75, 3.05) is 11.4 Å². The van der Waals surface area contributed by atoms with E-state index >= 15 is 0 Å². The molecule has 0 spiro atoms. The van der Waals surface area contributed by atoms with E-state index in [0.717, 1.165) is 29.4 Å². The Balaban J connectivity index is 2.02. The normalized spacial score (nSPS) is 20.9. The van der Waals surface area contributed by atoms with E-state index in [1.54, 1.807) is 11.3 Å². The number of thiazole rings is 1.